The van der Waals surface area contributed by atoms with Crippen LogP contribution in [0.15, 0.2) is 47.2 Å². The van der Waals surface area contributed by atoms with Gasteiger partial charge in [0.2, 0.25) is 0 Å². The number of nitrogens with zero attached hydrogens (tertiary/aromatic N) is 2. The van der Waals surface area contributed by atoms with Gasteiger partial charge in [-0.05, 0) is 54.9 Å². The number of thiophene rings is 1. The van der Waals surface area contributed by atoms with Crippen molar-refractivity contribution >= 4 is 29.8 Å². The van der Waals surface area contributed by atoms with Crippen molar-refractivity contribution < 1.29 is 4.79 Å². The third-order valence-corrected chi connectivity index (χ3v) is 5.69. The molecule has 142 valence electrons. The first-order valence-electron chi connectivity index (χ1n) is 8.91. The van der Waals surface area contributed by atoms with E-state index in [9.17, 15) is 4.79 Å². The first-order valence-corrected chi connectivity index (χ1v) is 9.85. The molecular weight excluding hydrogens is 366 g/mol. The predicted octanol–water partition coefficient (Wildman–Crippen LogP) is 4.36. The first kappa shape index (κ1) is 20.7. The predicted molar refractivity (Wildman–Crippen MR) is 111 cm³/mol. The summed E-state index contributed by atoms with van der Waals surface area (Å²) in [7, 11) is 4.18. The molecule has 0 aliphatic carbocycles. The van der Waals surface area contributed by atoms with Crippen LogP contribution >= 0.6 is 23.7 Å². The topological polar surface area (TPSA) is 35.6 Å². The van der Waals surface area contributed by atoms with E-state index in [2.05, 4.69) is 65.4 Å². The van der Waals surface area contributed by atoms with Gasteiger partial charge in [-0.3, -0.25) is 0 Å². The van der Waals surface area contributed by atoms with Crippen LogP contribution in [0.3, 0.4) is 0 Å². The molecule has 1 aromatic carbocycles. The highest BCUT2D eigenvalue weighted by atomic mass is 35.5. The van der Waals surface area contributed by atoms with E-state index in [-0.39, 0.29) is 18.4 Å². The van der Waals surface area contributed by atoms with Crippen LogP contribution in [-0.4, -0.2) is 49.6 Å². The van der Waals surface area contributed by atoms with Gasteiger partial charge in [0, 0.05) is 31.6 Å². The number of hydrogen-bond donors (Lipinski definition) is 1. The maximum atomic E-state index is 12.5. The van der Waals surface area contributed by atoms with Crippen molar-refractivity contribution in [2.24, 2.45) is 0 Å². The number of rotatable bonds is 6. The summed E-state index contributed by atoms with van der Waals surface area (Å²) in [5.74, 6) is 0.465. The Hall–Kier alpha value is -1.56. The number of likely N-dealkylation sites (tertiary alicyclic amines) is 1. The summed E-state index contributed by atoms with van der Waals surface area (Å²) < 4.78 is 0. The number of benzene rings is 1. The molecule has 2 aromatic rings. The third kappa shape index (κ3) is 5.22. The Morgan fingerprint density at radius 2 is 2.08 bits per heavy atom. The Balaban J connectivity index is 0.00000243. The van der Waals surface area contributed by atoms with Gasteiger partial charge in [-0.2, -0.15) is 11.3 Å². The van der Waals surface area contributed by atoms with Crippen LogP contribution in [0.2, 0.25) is 0 Å². The van der Waals surface area contributed by atoms with Crippen molar-refractivity contribution in [3.8, 4) is 0 Å². The summed E-state index contributed by atoms with van der Waals surface area (Å²) in [4.78, 5) is 16.6. The third-order valence-electron chi connectivity index (χ3n) is 4.99. The van der Waals surface area contributed by atoms with Crippen LogP contribution in [0.25, 0.3) is 0 Å². The number of amides is 2. The number of carbonyl (C=O) groups excluding carboxylic acids is 1. The van der Waals surface area contributed by atoms with Crippen LogP contribution in [-0.2, 0) is 0 Å². The van der Waals surface area contributed by atoms with Gasteiger partial charge in [0.1, 0.15) is 0 Å². The monoisotopic (exact) mass is 393 g/mol. The summed E-state index contributed by atoms with van der Waals surface area (Å²) in [6, 6.07) is 13.1. The fourth-order valence-corrected chi connectivity index (χ4v) is 4.26. The molecule has 2 amide bonds. The standard InChI is InChI=1S/C20H27N3OS.ClH/c1-22(2)19(18-10-13-25-15-18)8-11-21-20(24)23-12-9-17(14-23)16-6-4-3-5-7-16;/h3-7,10,13,15,17,19H,8-9,11-12,14H2,1-2H3,(H,21,24);1H/t17-,19+;/m1./s1. The fraction of sp³-hybridized carbons (Fsp3) is 0.450. The second-order valence-corrected chi connectivity index (χ2v) is 7.68. The molecule has 1 N–H and O–H groups in total. The first-order chi connectivity index (χ1) is 12.1. The summed E-state index contributed by atoms with van der Waals surface area (Å²) >= 11 is 1.72. The molecule has 0 bridgehead atoms. The van der Waals surface area contributed by atoms with Gasteiger partial charge >= 0.3 is 6.03 Å². The van der Waals surface area contributed by atoms with Crippen LogP contribution < -0.4 is 5.32 Å². The van der Waals surface area contributed by atoms with E-state index in [1.165, 1.54) is 11.1 Å². The lowest BCUT2D eigenvalue weighted by molar-refractivity contribution is 0.205. The van der Waals surface area contributed by atoms with Crippen LogP contribution in [0, 0.1) is 0 Å². The molecule has 3 rings (SSSR count). The maximum absolute atomic E-state index is 12.5. The molecule has 1 aliphatic rings. The zero-order valence-electron chi connectivity index (χ0n) is 15.4. The number of urea groups is 1. The van der Waals surface area contributed by atoms with Crippen molar-refractivity contribution in [3.05, 3.63) is 58.3 Å². The van der Waals surface area contributed by atoms with Gasteiger partial charge in [-0.15, -0.1) is 12.4 Å². The second kappa shape index (κ2) is 9.95. The fourth-order valence-electron chi connectivity index (χ4n) is 3.56. The van der Waals surface area contributed by atoms with Crippen LogP contribution in [0.4, 0.5) is 4.79 Å². The lowest BCUT2D eigenvalue weighted by Crippen LogP contribution is -2.39. The Morgan fingerprint density at radius 1 is 1.31 bits per heavy atom. The molecule has 1 aromatic heterocycles. The van der Waals surface area contributed by atoms with Crippen LogP contribution in [0.5, 0.6) is 0 Å². The molecule has 0 saturated carbocycles. The molecule has 0 radical (unpaired) electrons. The van der Waals surface area contributed by atoms with Gasteiger partial charge in [0.25, 0.3) is 0 Å². The average Bonchev–Trinajstić information content (AvgIpc) is 3.30. The van der Waals surface area contributed by atoms with Crippen molar-refractivity contribution in [1.29, 1.82) is 0 Å². The molecule has 1 saturated heterocycles. The normalized spacial score (nSPS) is 17.8. The minimum atomic E-state index is 0. The number of hydrogen-bond acceptors (Lipinski definition) is 3. The summed E-state index contributed by atoms with van der Waals surface area (Å²) in [5, 5.41) is 7.41. The van der Waals surface area contributed by atoms with Crippen molar-refractivity contribution in [2.45, 2.75) is 24.8 Å². The van der Waals surface area contributed by atoms with Crippen molar-refractivity contribution in [1.82, 2.24) is 15.1 Å². The van der Waals surface area contributed by atoms with Gasteiger partial charge in [0.05, 0.1) is 0 Å². The van der Waals surface area contributed by atoms with Crippen LogP contribution in [0.1, 0.15) is 35.9 Å². The largest absolute Gasteiger partial charge is 0.338 e. The van der Waals surface area contributed by atoms with E-state index in [0.717, 1.165) is 25.9 Å². The molecule has 0 unspecified atom stereocenters. The highest BCUT2D eigenvalue weighted by Crippen LogP contribution is 2.27. The minimum Gasteiger partial charge on any atom is -0.338 e. The summed E-state index contributed by atoms with van der Waals surface area (Å²) in [5.41, 5.74) is 2.66. The van der Waals surface area contributed by atoms with Gasteiger partial charge in [0.15, 0.2) is 0 Å². The maximum Gasteiger partial charge on any atom is 0.317 e. The molecule has 26 heavy (non-hydrogen) atoms. The molecule has 1 aliphatic heterocycles. The van der Waals surface area contributed by atoms with E-state index in [0.29, 0.717) is 18.5 Å². The van der Waals surface area contributed by atoms with E-state index in [1.807, 2.05) is 11.0 Å². The Kier molecular flexibility index (Phi) is 7.94. The number of nitrogens with one attached hydrogen (secondary N) is 1. The molecule has 2 atom stereocenters. The van der Waals surface area contributed by atoms with Gasteiger partial charge < -0.3 is 15.1 Å². The highest BCUT2D eigenvalue weighted by molar-refractivity contribution is 7.07. The summed E-state index contributed by atoms with van der Waals surface area (Å²) in [6.45, 7) is 2.36. The lowest BCUT2D eigenvalue weighted by atomic mass is 9.99. The quantitative estimate of drug-likeness (QED) is 0.791. The Morgan fingerprint density at radius 3 is 2.73 bits per heavy atom. The summed E-state index contributed by atoms with van der Waals surface area (Å²) in [6.07, 6.45) is 1.97. The van der Waals surface area contributed by atoms with Crippen molar-refractivity contribution in [3.63, 3.8) is 0 Å². The zero-order chi connectivity index (χ0) is 17.6. The molecule has 2 heterocycles. The number of carbonyl (C=O) groups is 1. The zero-order valence-corrected chi connectivity index (χ0v) is 17.1. The highest BCUT2D eigenvalue weighted by Gasteiger charge is 2.27. The average molecular weight is 394 g/mol. The van der Waals surface area contributed by atoms with E-state index in [4.69, 9.17) is 0 Å². The minimum absolute atomic E-state index is 0. The SMILES string of the molecule is CN(C)[C@@H](CCNC(=O)N1CC[C@@H](c2ccccc2)C1)c1ccsc1.Cl. The van der Waals surface area contributed by atoms with Crippen molar-refractivity contribution in [2.75, 3.05) is 33.7 Å². The molecule has 6 heteroatoms. The van der Waals surface area contributed by atoms with E-state index < -0.39 is 0 Å². The Labute approximate surface area is 166 Å². The molecule has 1 fully saturated rings. The number of halogens is 1. The molecule has 4 nitrogen and oxygen atoms in total. The molecule has 0 spiro atoms. The van der Waals surface area contributed by atoms with E-state index >= 15 is 0 Å². The van der Waals surface area contributed by atoms with Gasteiger partial charge in [-0.1, -0.05) is 30.3 Å². The second-order valence-electron chi connectivity index (χ2n) is 6.90. The van der Waals surface area contributed by atoms with Gasteiger partial charge in [-0.25, -0.2) is 4.79 Å². The smallest absolute Gasteiger partial charge is 0.317 e. The Bertz CT molecular complexity index is 663. The lowest BCUT2D eigenvalue weighted by Gasteiger charge is -2.24. The molecular formula is C20H28ClN3OS. The van der Waals surface area contributed by atoms with E-state index in [1.54, 1.807) is 11.3 Å².